The van der Waals surface area contributed by atoms with Gasteiger partial charge < -0.3 is 19.0 Å². The fourth-order valence-corrected chi connectivity index (χ4v) is 2.14. The van der Waals surface area contributed by atoms with E-state index in [1.165, 1.54) is 26.2 Å². The SMILES string of the molecule is CCOC(=O)/C(N=Nc1cc2c(C)cc(=O)oc2cc1OC)=C(/C)O. The Morgan fingerprint density at radius 1 is 1.32 bits per heavy atom. The normalized spacial score (nSPS) is 12.3. The van der Waals surface area contributed by atoms with E-state index in [1.54, 1.807) is 19.9 Å². The fraction of sp³-hybridized carbons (Fsp3) is 0.294. The largest absolute Gasteiger partial charge is 0.510 e. The van der Waals surface area contributed by atoms with Crippen molar-refractivity contribution in [2.24, 2.45) is 10.2 Å². The molecule has 0 aliphatic rings. The summed E-state index contributed by atoms with van der Waals surface area (Å²) in [4.78, 5) is 23.3. The van der Waals surface area contributed by atoms with Gasteiger partial charge in [-0.05, 0) is 32.4 Å². The van der Waals surface area contributed by atoms with Crippen molar-refractivity contribution in [1.82, 2.24) is 0 Å². The Balaban J connectivity index is 2.54. The summed E-state index contributed by atoms with van der Waals surface area (Å²) in [5.41, 5.74) is 0.574. The quantitative estimate of drug-likeness (QED) is 0.291. The van der Waals surface area contributed by atoms with Crippen LogP contribution in [0.5, 0.6) is 5.75 Å². The molecule has 1 aromatic carbocycles. The van der Waals surface area contributed by atoms with E-state index in [9.17, 15) is 14.7 Å². The van der Waals surface area contributed by atoms with Crippen LogP contribution in [0.1, 0.15) is 19.4 Å². The van der Waals surface area contributed by atoms with Crippen LogP contribution in [0.15, 0.2) is 49.1 Å². The Kier molecular flexibility index (Phi) is 5.53. The molecule has 0 bridgehead atoms. The minimum Gasteiger partial charge on any atom is -0.510 e. The number of hydrogen-bond acceptors (Lipinski definition) is 8. The van der Waals surface area contributed by atoms with Gasteiger partial charge in [-0.25, -0.2) is 9.59 Å². The van der Waals surface area contributed by atoms with Crippen molar-refractivity contribution < 1.29 is 23.8 Å². The maximum absolute atomic E-state index is 11.8. The highest BCUT2D eigenvalue weighted by Crippen LogP contribution is 2.34. The molecule has 2 aromatic rings. The van der Waals surface area contributed by atoms with E-state index >= 15 is 0 Å². The van der Waals surface area contributed by atoms with Gasteiger partial charge in [-0.2, -0.15) is 0 Å². The topological polar surface area (TPSA) is 111 Å². The van der Waals surface area contributed by atoms with Crippen LogP contribution in [0.3, 0.4) is 0 Å². The van der Waals surface area contributed by atoms with E-state index in [0.29, 0.717) is 28.0 Å². The molecular weight excluding hydrogens is 328 g/mol. The Bertz CT molecular complexity index is 923. The van der Waals surface area contributed by atoms with E-state index in [-0.39, 0.29) is 18.1 Å². The van der Waals surface area contributed by atoms with Gasteiger partial charge >= 0.3 is 11.6 Å². The van der Waals surface area contributed by atoms with Crippen LogP contribution in [0, 0.1) is 6.92 Å². The molecular formula is C17H18N2O6. The fourth-order valence-electron chi connectivity index (χ4n) is 2.14. The number of methoxy groups -OCH3 is 1. The smallest absolute Gasteiger partial charge is 0.362 e. The first-order valence-electron chi connectivity index (χ1n) is 7.48. The average molecular weight is 346 g/mol. The van der Waals surface area contributed by atoms with Crippen molar-refractivity contribution in [2.45, 2.75) is 20.8 Å². The second kappa shape index (κ2) is 7.61. The van der Waals surface area contributed by atoms with Gasteiger partial charge in [-0.3, -0.25) is 0 Å². The van der Waals surface area contributed by atoms with Crippen LogP contribution in [-0.4, -0.2) is 24.8 Å². The number of allylic oxidation sites excluding steroid dienone is 1. The summed E-state index contributed by atoms with van der Waals surface area (Å²) in [6.07, 6.45) is 0. The Morgan fingerprint density at radius 3 is 2.64 bits per heavy atom. The number of carbonyl (C=O) groups is 1. The molecule has 25 heavy (non-hydrogen) atoms. The third-order valence-electron chi connectivity index (χ3n) is 3.32. The molecule has 0 saturated carbocycles. The molecule has 8 nitrogen and oxygen atoms in total. The number of esters is 1. The molecule has 0 spiro atoms. The van der Waals surface area contributed by atoms with Crippen LogP contribution in [0.25, 0.3) is 11.0 Å². The second-order valence-corrected chi connectivity index (χ2v) is 5.12. The molecule has 0 radical (unpaired) electrons. The summed E-state index contributed by atoms with van der Waals surface area (Å²) < 4.78 is 15.2. The van der Waals surface area contributed by atoms with Gasteiger partial charge in [0, 0.05) is 17.5 Å². The summed E-state index contributed by atoms with van der Waals surface area (Å²) in [6, 6.07) is 4.49. The number of benzene rings is 1. The van der Waals surface area contributed by atoms with Gasteiger partial charge in [0.05, 0.1) is 13.7 Å². The number of rotatable bonds is 5. The maximum atomic E-state index is 11.8. The maximum Gasteiger partial charge on any atom is 0.362 e. The standard InChI is InChI=1S/C17H18N2O6/c1-5-24-17(22)16(10(3)20)19-18-12-7-11-9(2)6-15(21)25-13(11)8-14(12)23-4/h6-8,20H,5H2,1-4H3/b16-10+,19-18?. The molecule has 1 aromatic heterocycles. The van der Waals surface area contributed by atoms with Crippen molar-refractivity contribution in [1.29, 1.82) is 0 Å². The van der Waals surface area contributed by atoms with E-state index in [0.717, 1.165) is 0 Å². The molecule has 0 atom stereocenters. The molecule has 0 unspecified atom stereocenters. The zero-order valence-electron chi connectivity index (χ0n) is 14.3. The first kappa shape index (κ1) is 18.2. The van der Waals surface area contributed by atoms with Crippen molar-refractivity contribution in [3.8, 4) is 5.75 Å². The van der Waals surface area contributed by atoms with Gasteiger partial charge in [0.25, 0.3) is 0 Å². The van der Waals surface area contributed by atoms with Crippen molar-refractivity contribution in [3.05, 3.63) is 45.6 Å². The van der Waals surface area contributed by atoms with Crippen molar-refractivity contribution in [3.63, 3.8) is 0 Å². The lowest BCUT2D eigenvalue weighted by Crippen LogP contribution is -2.07. The third-order valence-corrected chi connectivity index (χ3v) is 3.32. The Labute approximate surface area is 143 Å². The van der Waals surface area contributed by atoms with Gasteiger partial charge in [-0.1, -0.05) is 0 Å². The van der Waals surface area contributed by atoms with Crippen molar-refractivity contribution >= 4 is 22.6 Å². The molecule has 0 amide bonds. The van der Waals surface area contributed by atoms with E-state index < -0.39 is 11.6 Å². The predicted molar refractivity (Wildman–Crippen MR) is 90.3 cm³/mol. The summed E-state index contributed by atoms with van der Waals surface area (Å²) in [5.74, 6) is -0.805. The highest BCUT2D eigenvalue weighted by atomic mass is 16.5. The Morgan fingerprint density at radius 2 is 2.04 bits per heavy atom. The van der Waals surface area contributed by atoms with Crippen LogP contribution in [0.2, 0.25) is 0 Å². The van der Waals surface area contributed by atoms with E-state index in [1.807, 2.05) is 0 Å². The number of nitrogens with zero attached hydrogens (tertiary/aromatic N) is 2. The Hall–Kier alpha value is -3.16. The molecule has 2 rings (SSSR count). The van der Waals surface area contributed by atoms with Crippen LogP contribution in [-0.2, 0) is 9.53 Å². The highest BCUT2D eigenvalue weighted by molar-refractivity contribution is 5.89. The molecule has 8 heteroatoms. The highest BCUT2D eigenvalue weighted by Gasteiger charge is 2.15. The molecule has 1 N–H and O–H groups in total. The predicted octanol–water partition coefficient (Wildman–Crippen LogP) is 3.55. The summed E-state index contributed by atoms with van der Waals surface area (Å²) in [5, 5.41) is 18.0. The minimum atomic E-state index is -0.784. The van der Waals surface area contributed by atoms with E-state index in [2.05, 4.69) is 10.2 Å². The molecule has 1 heterocycles. The summed E-state index contributed by atoms with van der Waals surface area (Å²) in [6.45, 7) is 4.85. The second-order valence-electron chi connectivity index (χ2n) is 5.12. The van der Waals surface area contributed by atoms with Gasteiger partial charge in [0.1, 0.15) is 22.8 Å². The number of ether oxygens (including phenoxy) is 2. The van der Waals surface area contributed by atoms with Gasteiger partial charge in [-0.15, -0.1) is 10.2 Å². The minimum absolute atomic E-state index is 0.142. The average Bonchev–Trinajstić information content (AvgIpc) is 2.54. The molecule has 0 aliphatic carbocycles. The lowest BCUT2D eigenvalue weighted by atomic mass is 10.1. The summed E-state index contributed by atoms with van der Waals surface area (Å²) in [7, 11) is 1.42. The molecule has 0 aliphatic heterocycles. The van der Waals surface area contributed by atoms with Crippen LogP contribution < -0.4 is 10.4 Å². The third kappa shape index (κ3) is 4.03. The van der Waals surface area contributed by atoms with Gasteiger partial charge in [0.2, 0.25) is 5.70 Å². The first-order chi connectivity index (χ1) is 11.9. The summed E-state index contributed by atoms with van der Waals surface area (Å²) >= 11 is 0. The molecule has 132 valence electrons. The number of aliphatic hydroxyl groups excluding tert-OH is 1. The van der Waals surface area contributed by atoms with Gasteiger partial charge in [0.15, 0.2) is 0 Å². The lowest BCUT2D eigenvalue weighted by Gasteiger charge is -2.07. The number of aliphatic hydroxyl groups is 1. The first-order valence-corrected chi connectivity index (χ1v) is 7.48. The zero-order valence-corrected chi connectivity index (χ0v) is 14.3. The lowest BCUT2D eigenvalue weighted by molar-refractivity contribution is -0.138. The number of hydrogen-bond donors (Lipinski definition) is 1. The molecule has 0 fully saturated rings. The number of aryl methyl sites for hydroxylation is 1. The number of azo groups is 1. The molecule has 0 saturated heterocycles. The number of fused-ring (bicyclic) bond motifs is 1. The van der Waals surface area contributed by atoms with E-state index in [4.69, 9.17) is 13.9 Å². The zero-order chi connectivity index (χ0) is 18.6. The monoisotopic (exact) mass is 346 g/mol. The van der Waals surface area contributed by atoms with Crippen LogP contribution >= 0.6 is 0 Å². The number of carbonyl (C=O) groups excluding carboxylic acids is 1. The van der Waals surface area contributed by atoms with Crippen molar-refractivity contribution in [2.75, 3.05) is 13.7 Å². The van der Waals surface area contributed by atoms with Crippen LogP contribution in [0.4, 0.5) is 5.69 Å².